The highest BCUT2D eigenvalue weighted by atomic mass is 19.3. The molecule has 5 rings (SSSR count). The van der Waals surface area contributed by atoms with E-state index in [2.05, 4.69) is 25.7 Å². The first-order valence-electron chi connectivity index (χ1n) is 11.7. The van der Waals surface area contributed by atoms with Crippen molar-refractivity contribution in [1.29, 1.82) is 0 Å². The quantitative estimate of drug-likeness (QED) is 0.360. The van der Waals surface area contributed by atoms with Crippen LogP contribution in [-0.4, -0.2) is 85.9 Å². The lowest BCUT2D eigenvalue weighted by molar-refractivity contribution is -0.140. The van der Waals surface area contributed by atoms with E-state index in [9.17, 15) is 22.4 Å². The molecular formula is C23H23F5N8O2. The Morgan fingerprint density at radius 3 is 2.71 bits per heavy atom. The van der Waals surface area contributed by atoms with Crippen LogP contribution in [0.3, 0.4) is 0 Å². The summed E-state index contributed by atoms with van der Waals surface area (Å²) in [6.45, 7) is -1.41. The number of aromatic nitrogens is 6. The normalized spacial score (nSPS) is 17.5. The maximum Gasteiger partial charge on any atom is 0.285 e. The van der Waals surface area contributed by atoms with E-state index in [1.165, 1.54) is 26.2 Å². The lowest BCUT2D eigenvalue weighted by Crippen LogP contribution is -2.55. The Morgan fingerprint density at radius 1 is 1.29 bits per heavy atom. The van der Waals surface area contributed by atoms with Gasteiger partial charge in [0, 0.05) is 13.5 Å². The number of anilines is 1. The molecule has 0 spiro atoms. The Balaban J connectivity index is 1.54. The molecule has 1 aliphatic rings. The molecule has 0 radical (unpaired) electrons. The number of nitrogens with one attached hydrogen (secondary N) is 1. The number of halogens is 5. The van der Waals surface area contributed by atoms with E-state index in [0.717, 1.165) is 20.3 Å². The predicted octanol–water partition coefficient (Wildman–Crippen LogP) is 3.44. The smallest absolute Gasteiger partial charge is 0.285 e. The van der Waals surface area contributed by atoms with Gasteiger partial charge in [-0.1, -0.05) is 11.3 Å². The zero-order valence-electron chi connectivity index (χ0n) is 20.3. The number of piperidine rings is 1. The summed E-state index contributed by atoms with van der Waals surface area (Å²) in [4.78, 5) is 16.8. The van der Waals surface area contributed by atoms with Gasteiger partial charge in [-0.15, -0.1) is 10.2 Å². The highest BCUT2D eigenvalue weighted by Gasteiger charge is 2.46. The molecule has 38 heavy (non-hydrogen) atoms. The monoisotopic (exact) mass is 538 g/mol. The molecule has 4 aromatic rings. The van der Waals surface area contributed by atoms with Gasteiger partial charge in [0.1, 0.15) is 30.4 Å². The summed E-state index contributed by atoms with van der Waals surface area (Å²) in [5.41, 5.74) is 1.10. The van der Waals surface area contributed by atoms with Crippen molar-refractivity contribution < 1.29 is 31.5 Å². The lowest BCUT2D eigenvalue weighted by atomic mass is 10.0. The highest BCUT2D eigenvalue weighted by Crippen LogP contribution is 2.36. The topological polar surface area (TPSA) is 102 Å². The summed E-state index contributed by atoms with van der Waals surface area (Å²) in [5, 5.41) is 14.5. The van der Waals surface area contributed by atoms with Crippen molar-refractivity contribution in [3.63, 3.8) is 0 Å². The maximum atomic E-state index is 15.3. The number of fused-ring (bicyclic) bond motifs is 2. The molecular weight excluding hydrogens is 515 g/mol. The van der Waals surface area contributed by atoms with Gasteiger partial charge >= 0.3 is 0 Å². The molecule has 10 nitrogen and oxygen atoms in total. The van der Waals surface area contributed by atoms with Crippen LogP contribution in [0.4, 0.5) is 27.9 Å². The van der Waals surface area contributed by atoms with Crippen LogP contribution in [0, 0.1) is 5.82 Å². The van der Waals surface area contributed by atoms with E-state index in [1.54, 1.807) is 6.07 Å². The Bertz CT molecular complexity index is 1500. The Kier molecular flexibility index (Phi) is 6.53. The molecule has 1 amide bonds. The zero-order valence-corrected chi connectivity index (χ0v) is 20.3. The molecule has 1 atom stereocenters. The minimum absolute atomic E-state index is 0.0280. The van der Waals surface area contributed by atoms with Crippen molar-refractivity contribution in [2.45, 2.75) is 31.4 Å². The summed E-state index contributed by atoms with van der Waals surface area (Å²) in [7, 11) is 1.29. The van der Waals surface area contributed by atoms with Crippen LogP contribution in [0.25, 0.3) is 27.7 Å². The first kappa shape index (κ1) is 25.6. The number of methoxy groups -OCH3 is 1. The number of amides is 1. The molecule has 3 aromatic heterocycles. The SMILES string of the molecule is COc1nc(N[C@@H]2CCN(C(C)=O)CC2(F)F)nn2cc(F)c(-c3ccc4nnn(C(CF)CF)c4c3)c12. The Morgan fingerprint density at radius 2 is 2.05 bits per heavy atom. The molecule has 15 heteroatoms. The second-order valence-corrected chi connectivity index (χ2v) is 8.98. The molecule has 0 aliphatic carbocycles. The van der Waals surface area contributed by atoms with Gasteiger partial charge in [0.2, 0.25) is 17.7 Å². The number of carbonyl (C=O) groups excluding carboxylic acids is 1. The minimum Gasteiger partial charge on any atom is -0.479 e. The van der Waals surface area contributed by atoms with Crippen molar-refractivity contribution in [3.8, 4) is 17.0 Å². The molecule has 1 aromatic carbocycles. The fraction of sp³-hybridized carbons (Fsp3) is 0.435. The van der Waals surface area contributed by atoms with Gasteiger partial charge in [-0.3, -0.25) is 4.79 Å². The number of nitrogens with zero attached hydrogens (tertiary/aromatic N) is 7. The third-order valence-corrected chi connectivity index (χ3v) is 6.56. The third-order valence-electron chi connectivity index (χ3n) is 6.56. The predicted molar refractivity (Wildman–Crippen MR) is 126 cm³/mol. The van der Waals surface area contributed by atoms with Crippen LogP contribution in [0.1, 0.15) is 19.4 Å². The maximum absolute atomic E-state index is 15.3. The number of ether oxygens (including phenoxy) is 1. The molecule has 202 valence electrons. The van der Waals surface area contributed by atoms with Crippen molar-refractivity contribution in [3.05, 3.63) is 30.2 Å². The van der Waals surface area contributed by atoms with E-state index in [1.807, 2.05) is 0 Å². The van der Waals surface area contributed by atoms with Gasteiger partial charge in [-0.2, -0.15) is 4.98 Å². The van der Waals surface area contributed by atoms with Gasteiger partial charge in [0.05, 0.1) is 37.0 Å². The average Bonchev–Trinajstić information content (AvgIpc) is 3.45. The molecule has 1 saturated heterocycles. The average molecular weight is 538 g/mol. The van der Waals surface area contributed by atoms with Gasteiger partial charge in [-0.05, 0) is 24.1 Å². The number of benzene rings is 1. The molecule has 1 N–H and O–H groups in total. The molecule has 1 aliphatic heterocycles. The van der Waals surface area contributed by atoms with Crippen LogP contribution >= 0.6 is 0 Å². The molecule has 0 bridgehead atoms. The molecule has 1 fully saturated rings. The lowest BCUT2D eigenvalue weighted by Gasteiger charge is -2.38. The summed E-state index contributed by atoms with van der Waals surface area (Å²) in [5.74, 6) is -4.74. The summed E-state index contributed by atoms with van der Waals surface area (Å²) in [6, 6.07) is 2.02. The third kappa shape index (κ3) is 4.35. The standard InChI is InChI=1S/C23H23F5N8O2/c1-12(37)34-6-5-18(23(27,28)11-34)29-22-30-21(38-2)20-19(15(26)10-35(20)32-22)13-3-4-16-17(7-13)36(33-31-16)14(8-24)9-25/h3-4,7,10,14,18H,5-6,8-9,11H2,1-2H3,(H,29,32)/t18-/m1/s1. The fourth-order valence-corrected chi connectivity index (χ4v) is 4.57. The first-order valence-corrected chi connectivity index (χ1v) is 11.7. The Labute approximate surface area is 212 Å². The number of alkyl halides is 4. The number of likely N-dealkylation sites (tertiary alicyclic amines) is 1. The van der Waals surface area contributed by atoms with Crippen molar-refractivity contribution >= 4 is 28.4 Å². The van der Waals surface area contributed by atoms with E-state index < -0.39 is 49.6 Å². The van der Waals surface area contributed by atoms with Crippen molar-refractivity contribution in [1.82, 2.24) is 34.5 Å². The van der Waals surface area contributed by atoms with Crippen LogP contribution in [-0.2, 0) is 4.79 Å². The van der Waals surface area contributed by atoms with Crippen molar-refractivity contribution in [2.75, 3.05) is 38.9 Å². The Hall–Kier alpha value is -4.04. The molecule has 0 unspecified atom stereocenters. The van der Waals surface area contributed by atoms with Gasteiger partial charge < -0.3 is 15.0 Å². The van der Waals surface area contributed by atoms with E-state index in [0.29, 0.717) is 16.6 Å². The van der Waals surface area contributed by atoms with Crippen LogP contribution < -0.4 is 10.1 Å². The van der Waals surface area contributed by atoms with Crippen LogP contribution in [0.5, 0.6) is 5.88 Å². The molecule has 4 heterocycles. The van der Waals surface area contributed by atoms with Crippen LogP contribution in [0.15, 0.2) is 24.4 Å². The number of hydrogen-bond donors (Lipinski definition) is 1. The first-order chi connectivity index (χ1) is 18.2. The fourth-order valence-electron chi connectivity index (χ4n) is 4.57. The van der Waals surface area contributed by atoms with Gasteiger partial charge in [0.25, 0.3) is 5.92 Å². The number of hydrogen-bond acceptors (Lipinski definition) is 7. The second kappa shape index (κ2) is 9.68. The summed E-state index contributed by atoms with van der Waals surface area (Å²) < 4.78 is 78.9. The van der Waals surface area contributed by atoms with Crippen LogP contribution in [0.2, 0.25) is 0 Å². The van der Waals surface area contributed by atoms with Gasteiger partial charge in [0.15, 0.2) is 5.82 Å². The molecule has 0 saturated carbocycles. The second-order valence-electron chi connectivity index (χ2n) is 8.98. The van der Waals surface area contributed by atoms with Gasteiger partial charge in [-0.25, -0.2) is 31.1 Å². The minimum atomic E-state index is -3.26. The van der Waals surface area contributed by atoms with E-state index in [4.69, 9.17) is 4.74 Å². The largest absolute Gasteiger partial charge is 0.479 e. The summed E-state index contributed by atoms with van der Waals surface area (Å²) in [6.07, 6.45) is 0.990. The van der Waals surface area contributed by atoms with Crippen molar-refractivity contribution in [2.24, 2.45) is 0 Å². The number of rotatable bonds is 7. The van der Waals surface area contributed by atoms with E-state index in [-0.39, 0.29) is 35.9 Å². The summed E-state index contributed by atoms with van der Waals surface area (Å²) >= 11 is 0. The number of carbonyl (C=O) groups is 1. The highest BCUT2D eigenvalue weighted by molar-refractivity contribution is 5.89. The zero-order chi connectivity index (χ0) is 27.2. The van der Waals surface area contributed by atoms with E-state index >= 15 is 4.39 Å².